The van der Waals surface area contributed by atoms with E-state index in [4.69, 9.17) is 5.11 Å². The number of imidazole rings is 1. The van der Waals surface area contributed by atoms with E-state index < -0.39 is 0 Å². The van der Waals surface area contributed by atoms with Crippen LogP contribution in [0.4, 0.5) is 0 Å². The van der Waals surface area contributed by atoms with Gasteiger partial charge in [-0.15, -0.1) is 0 Å². The van der Waals surface area contributed by atoms with E-state index in [2.05, 4.69) is 21.8 Å². The molecule has 0 amide bonds. The van der Waals surface area contributed by atoms with Crippen LogP contribution in [0.1, 0.15) is 12.1 Å². The summed E-state index contributed by atoms with van der Waals surface area (Å²) >= 11 is 0. The molecular weight excluding hydrogens is 128 g/mol. The molecule has 0 atom stereocenters. The van der Waals surface area contributed by atoms with Crippen LogP contribution in [0.3, 0.4) is 0 Å². The quantitative estimate of drug-likeness (QED) is 0.540. The number of nitrogens with zero attached hydrogens (tertiary/aromatic N) is 1. The van der Waals surface area contributed by atoms with Crippen molar-refractivity contribution in [1.82, 2.24) is 9.97 Å². The fourth-order valence-corrected chi connectivity index (χ4v) is 0.538. The van der Waals surface area contributed by atoms with Crippen LogP contribution in [0.5, 0.6) is 0 Å². The molecule has 0 fully saturated rings. The third-order valence-corrected chi connectivity index (χ3v) is 0.958. The number of aliphatic hydroxyl groups excluding tert-OH is 1. The van der Waals surface area contributed by atoms with Gasteiger partial charge in [0.15, 0.2) is 0 Å². The maximum absolute atomic E-state index is 8.37. The number of nitrogens with one attached hydrogen (secondary N) is 1. The summed E-state index contributed by atoms with van der Waals surface area (Å²) in [6.45, 7) is 0.112. The largest absolute Gasteiger partial charge is 0.395 e. The first-order chi connectivity index (χ1) is 4.93. The van der Waals surface area contributed by atoms with Gasteiger partial charge in [-0.1, -0.05) is 5.92 Å². The van der Waals surface area contributed by atoms with E-state index in [1.54, 1.807) is 12.5 Å². The molecule has 0 aliphatic rings. The lowest BCUT2D eigenvalue weighted by molar-refractivity contribution is 0.305. The first-order valence-electron chi connectivity index (χ1n) is 3.01. The molecule has 0 bridgehead atoms. The minimum absolute atomic E-state index is 0.112. The van der Waals surface area contributed by atoms with Gasteiger partial charge in [0.25, 0.3) is 0 Å². The monoisotopic (exact) mass is 136 g/mol. The van der Waals surface area contributed by atoms with Crippen LogP contribution >= 0.6 is 0 Å². The topological polar surface area (TPSA) is 48.9 Å². The van der Waals surface area contributed by atoms with Crippen molar-refractivity contribution < 1.29 is 5.11 Å². The zero-order chi connectivity index (χ0) is 7.23. The van der Waals surface area contributed by atoms with E-state index in [1.165, 1.54) is 0 Å². The number of aliphatic hydroxyl groups is 1. The molecule has 1 rings (SSSR count). The van der Waals surface area contributed by atoms with Crippen LogP contribution in [-0.2, 0) is 0 Å². The Morgan fingerprint density at radius 1 is 1.70 bits per heavy atom. The van der Waals surface area contributed by atoms with Crippen molar-refractivity contribution in [3.63, 3.8) is 0 Å². The number of aromatic nitrogens is 2. The van der Waals surface area contributed by atoms with Crippen LogP contribution < -0.4 is 0 Å². The molecule has 0 aliphatic heterocycles. The molecule has 1 heterocycles. The van der Waals surface area contributed by atoms with Gasteiger partial charge in [-0.2, -0.15) is 0 Å². The van der Waals surface area contributed by atoms with Crippen molar-refractivity contribution in [3.05, 3.63) is 18.2 Å². The van der Waals surface area contributed by atoms with Gasteiger partial charge in [-0.25, -0.2) is 4.98 Å². The number of H-pyrrole nitrogens is 1. The molecular formula is C7H8N2O. The average molecular weight is 136 g/mol. The Bertz CT molecular complexity index is 230. The van der Waals surface area contributed by atoms with E-state index in [0.29, 0.717) is 6.42 Å². The lowest BCUT2D eigenvalue weighted by Gasteiger charge is -1.77. The molecule has 0 aromatic carbocycles. The highest BCUT2D eigenvalue weighted by Crippen LogP contribution is 1.85. The van der Waals surface area contributed by atoms with E-state index in [9.17, 15) is 0 Å². The number of aromatic amines is 1. The maximum atomic E-state index is 8.37. The molecule has 10 heavy (non-hydrogen) atoms. The number of hydrogen-bond donors (Lipinski definition) is 2. The molecule has 1 aromatic rings. The predicted molar refractivity (Wildman–Crippen MR) is 37.2 cm³/mol. The molecule has 0 spiro atoms. The van der Waals surface area contributed by atoms with E-state index in [1.807, 2.05) is 0 Å². The summed E-state index contributed by atoms with van der Waals surface area (Å²) in [6, 6.07) is 0. The van der Waals surface area contributed by atoms with Gasteiger partial charge >= 0.3 is 0 Å². The summed E-state index contributed by atoms with van der Waals surface area (Å²) in [5.41, 5.74) is 0.786. The second kappa shape index (κ2) is 3.70. The van der Waals surface area contributed by atoms with Crippen molar-refractivity contribution in [2.45, 2.75) is 6.42 Å². The van der Waals surface area contributed by atoms with Crippen molar-refractivity contribution in [2.75, 3.05) is 6.61 Å². The van der Waals surface area contributed by atoms with E-state index in [0.717, 1.165) is 5.69 Å². The van der Waals surface area contributed by atoms with Gasteiger partial charge < -0.3 is 10.1 Å². The van der Waals surface area contributed by atoms with Gasteiger partial charge in [0, 0.05) is 6.42 Å². The highest BCUT2D eigenvalue weighted by Gasteiger charge is 1.81. The molecule has 0 radical (unpaired) electrons. The highest BCUT2D eigenvalue weighted by atomic mass is 16.2. The first-order valence-corrected chi connectivity index (χ1v) is 3.01. The summed E-state index contributed by atoms with van der Waals surface area (Å²) in [7, 11) is 0. The first kappa shape index (κ1) is 6.84. The summed E-state index contributed by atoms with van der Waals surface area (Å²) in [6.07, 6.45) is 3.73. The highest BCUT2D eigenvalue weighted by molar-refractivity contribution is 5.23. The summed E-state index contributed by atoms with van der Waals surface area (Å²) in [4.78, 5) is 6.61. The Balaban J connectivity index is 2.49. The van der Waals surface area contributed by atoms with E-state index in [-0.39, 0.29) is 6.61 Å². The molecule has 52 valence electrons. The fraction of sp³-hybridized carbons (Fsp3) is 0.286. The summed E-state index contributed by atoms with van der Waals surface area (Å²) in [5, 5.41) is 8.37. The minimum atomic E-state index is 0.112. The Morgan fingerprint density at radius 3 is 3.20 bits per heavy atom. The SMILES string of the molecule is OCCC#Cc1cnc[nH]1. The molecule has 1 aromatic heterocycles. The van der Waals surface area contributed by atoms with Crippen molar-refractivity contribution in [3.8, 4) is 11.8 Å². The third-order valence-electron chi connectivity index (χ3n) is 0.958. The Labute approximate surface area is 59.1 Å². The predicted octanol–water partition coefficient (Wildman–Crippen LogP) is 0.144. The number of rotatable bonds is 1. The maximum Gasteiger partial charge on any atom is 0.109 e. The van der Waals surface area contributed by atoms with E-state index >= 15 is 0 Å². The zero-order valence-electron chi connectivity index (χ0n) is 5.46. The van der Waals surface area contributed by atoms with Crippen LogP contribution in [0.15, 0.2) is 12.5 Å². The summed E-state index contributed by atoms with van der Waals surface area (Å²) in [5.74, 6) is 5.56. The van der Waals surface area contributed by atoms with Crippen molar-refractivity contribution in [1.29, 1.82) is 0 Å². The van der Waals surface area contributed by atoms with Gasteiger partial charge in [0.05, 0.1) is 19.1 Å². The zero-order valence-corrected chi connectivity index (χ0v) is 5.46. The molecule has 3 nitrogen and oxygen atoms in total. The lowest BCUT2D eigenvalue weighted by atomic mass is 10.4. The lowest BCUT2D eigenvalue weighted by Crippen LogP contribution is -1.76. The van der Waals surface area contributed by atoms with Crippen LogP contribution in [-0.4, -0.2) is 21.7 Å². The van der Waals surface area contributed by atoms with Gasteiger partial charge in [-0.3, -0.25) is 0 Å². The Hall–Kier alpha value is -1.27. The van der Waals surface area contributed by atoms with Gasteiger partial charge in [0.2, 0.25) is 0 Å². The second-order valence-corrected chi connectivity index (χ2v) is 1.74. The third kappa shape index (κ3) is 1.92. The van der Waals surface area contributed by atoms with Crippen molar-refractivity contribution >= 4 is 0 Å². The van der Waals surface area contributed by atoms with Crippen LogP contribution in [0.2, 0.25) is 0 Å². The molecule has 2 N–H and O–H groups in total. The molecule has 0 aliphatic carbocycles. The molecule has 0 saturated carbocycles. The van der Waals surface area contributed by atoms with Gasteiger partial charge in [0.1, 0.15) is 5.69 Å². The Kier molecular flexibility index (Phi) is 2.53. The summed E-state index contributed by atoms with van der Waals surface area (Å²) < 4.78 is 0. The molecule has 0 unspecified atom stereocenters. The normalized spacial score (nSPS) is 8.50. The van der Waals surface area contributed by atoms with Crippen LogP contribution in [0, 0.1) is 11.8 Å². The van der Waals surface area contributed by atoms with Crippen molar-refractivity contribution in [2.24, 2.45) is 0 Å². The standard InChI is InChI=1S/C7H8N2O/c10-4-2-1-3-7-5-8-6-9-7/h5-6,10H,2,4H2,(H,8,9). The van der Waals surface area contributed by atoms with Gasteiger partial charge in [-0.05, 0) is 5.92 Å². The fourth-order valence-electron chi connectivity index (χ4n) is 0.538. The average Bonchev–Trinajstić information content (AvgIpc) is 2.41. The second-order valence-electron chi connectivity index (χ2n) is 1.74. The minimum Gasteiger partial charge on any atom is -0.395 e. The smallest absolute Gasteiger partial charge is 0.109 e. The number of hydrogen-bond acceptors (Lipinski definition) is 2. The molecule has 0 saturated heterocycles. The van der Waals surface area contributed by atoms with Crippen LogP contribution in [0.25, 0.3) is 0 Å². The molecule has 3 heteroatoms. The Morgan fingerprint density at radius 2 is 2.60 bits per heavy atom.